The molecule has 4 nitrogen and oxygen atoms in total. The van der Waals surface area contributed by atoms with Crippen molar-refractivity contribution >= 4 is 17.3 Å². The monoisotopic (exact) mass is 352 g/mol. The number of hydrogen-bond acceptors (Lipinski definition) is 3. The zero-order valence-corrected chi connectivity index (χ0v) is 15.8. The topological polar surface area (TPSA) is 32.8 Å². The van der Waals surface area contributed by atoms with Gasteiger partial charge in [0.2, 0.25) is 5.91 Å². The summed E-state index contributed by atoms with van der Waals surface area (Å²) in [5.74, 6) is 0.176. The van der Waals surface area contributed by atoms with E-state index in [1.165, 1.54) is 16.8 Å². The largest absolute Gasteiger partial charge is 0.378 e. The number of ether oxygens (including phenoxy) is 1. The average molecular weight is 352 g/mol. The minimum atomic E-state index is 0.176. The van der Waals surface area contributed by atoms with E-state index in [-0.39, 0.29) is 5.91 Å². The lowest BCUT2D eigenvalue weighted by Crippen LogP contribution is -2.36. The molecule has 0 N–H and O–H groups in total. The highest BCUT2D eigenvalue weighted by molar-refractivity contribution is 5.93. The van der Waals surface area contributed by atoms with Crippen molar-refractivity contribution in [3.8, 4) is 0 Å². The van der Waals surface area contributed by atoms with Crippen molar-refractivity contribution in [1.82, 2.24) is 0 Å². The van der Waals surface area contributed by atoms with E-state index >= 15 is 0 Å². The predicted octanol–water partition coefficient (Wildman–Crippen LogP) is 3.82. The molecule has 0 radical (unpaired) electrons. The lowest BCUT2D eigenvalue weighted by atomic mass is 10.1. The van der Waals surface area contributed by atoms with Crippen LogP contribution < -0.4 is 9.80 Å². The zero-order chi connectivity index (χ0) is 18.4. The van der Waals surface area contributed by atoms with Crippen LogP contribution in [0.3, 0.4) is 0 Å². The average Bonchev–Trinajstić information content (AvgIpc) is 2.68. The van der Waals surface area contributed by atoms with Gasteiger partial charge in [0.25, 0.3) is 0 Å². The maximum atomic E-state index is 12.7. The summed E-state index contributed by atoms with van der Waals surface area (Å²) in [6.45, 7) is 8.25. The summed E-state index contributed by atoms with van der Waals surface area (Å²) in [5.41, 5.74) is 4.60. The quantitative estimate of drug-likeness (QED) is 0.792. The number of aryl methyl sites for hydroxylation is 2. The first-order chi connectivity index (χ1) is 12.7. The molecule has 138 valence electrons. The fourth-order valence-corrected chi connectivity index (χ4v) is 3.38. The molecule has 2 aromatic rings. The molecule has 1 saturated heterocycles. The van der Waals surface area contributed by atoms with E-state index in [0.29, 0.717) is 13.0 Å². The molecule has 1 aliphatic heterocycles. The molecule has 0 spiro atoms. The number of benzene rings is 2. The molecule has 0 saturated carbocycles. The van der Waals surface area contributed by atoms with Crippen molar-refractivity contribution in [2.75, 3.05) is 42.6 Å². The van der Waals surface area contributed by atoms with Gasteiger partial charge in [0.05, 0.1) is 13.2 Å². The molecule has 26 heavy (non-hydrogen) atoms. The summed E-state index contributed by atoms with van der Waals surface area (Å²) < 4.78 is 5.40. The van der Waals surface area contributed by atoms with Crippen LogP contribution in [-0.4, -0.2) is 38.8 Å². The summed E-state index contributed by atoms with van der Waals surface area (Å²) in [7, 11) is 0. The number of nitrogens with zero attached hydrogens (tertiary/aromatic N) is 2. The maximum absolute atomic E-state index is 12.7. The molecular formula is C22H28N2O2. The Morgan fingerprint density at radius 2 is 1.85 bits per heavy atom. The van der Waals surface area contributed by atoms with Gasteiger partial charge in [0.1, 0.15) is 0 Å². The molecule has 0 aliphatic carbocycles. The van der Waals surface area contributed by atoms with E-state index in [9.17, 15) is 4.79 Å². The lowest BCUT2D eigenvalue weighted by Gasteiger charge is -2.29. The van der Waals surface area contributed by atoms with Gasteiger partial charge in [0.15, 0.2) is 0 Å². The first-order valence-electron chi connectivity index (χ1n) is 9.46. The van der Waals surface area contributed by atoms with Crippen LogP contribution in [0.25, 0.3) is 0 Å². The van der Waals surface area contributed by atoms with Crippen LogP contribution in [-0.2, 0) is 16.0 Å². The molecular weight excluding hydrogens is 324 g/mol. The highest BCUT2D eigenvalue weighted by Crippen LogP contribution is 2.19. The van der Waals surface area contributed by atoms with E-state index < -0.39 is 0 Å². The number of rotatable bonds is 6. The summed E-state index contributed by atoms with van der Waals surface area (Å²) >= 11 is 0. The number of amides is 1. The molecule has 1 fully saturated rings. The Hall–Kier alpha value is -2.33. The fourth-order valence-electron chi connectivity index (χ4n) is 3.38. The second kappa shape index (κ2) is 8.86. The summed E-state index contributed by atoms with van der Waals surface area (Å²) in [5, 5.41) is 0. The summed E-state index contributed by atoms with van der Waals surface area (Å²) in [6, 6.07) is 16.7. The Morgan fingerprint density at radius 1 is 1.12 bits per heavy atom. The van der Waals surface area contributed by atoms with Crippen LogP contribution in [0.4, 0.5) is 11.4 Å². The minimum absolute atomic E-state index is 0.176. The van der Waals surface area contributed by atoms with E-state index in [4.69, 9.17) is 4.74 Å². The zero-order valence-electron chi connectivity index (χ0n) is 15.8. The molecule has 3 rings (SSSR count). The van der Waals surface area contributed by atoms with Crippen molar-refractivity contribution in [3.63, 3.8) is 0 Å². The van der Waals surface area contributed by atoms with Crippen LogP contribution >= 0.6 is 0 Å². The van der Waals surface area contributed by atoms with Gasteiger partial charge in [-0.05, 0) is 55.7 Å². The second-order valence-electron chi connectivity index (χ2n) is 6.74. The number of morpholine rings is 1. The van der Waals surface area contributed by atoms with Gasteiger partial charge >= 0.3 is 0 Å². The maximum Gasteiger partial charge on any atom is 0.227 e. The van der Waals surface area contributed by atoms with Crippen LogP contribution in [0.5, 0.6) is 0 Å². The minimum Gasteiger partial charge on any atom is -0.378 e. The number of carbonyl (C=O) groups excluding carboxylic acids is 1. The molecule has 1 amide bonds. The van der Waals surface area contributed by atoms with Crippen molar-refractivity contribution in [2.45, 2.75) is 26.7 Å². The van der Waals surface area contributed by atoms with E-state index in [0.717, 1.165) is 38.4 Å². The highest BCUT2D eigenvalue weighted by atomic mass is 16.5. The Balaban J connectivity index is 1.58. The molecule has 4 heteroatoms. The van der Waals surface area contributed by atoms with Crippen molar-refractivity contribution in [3.05, 3.63) is 59.7 Å². The normalized spacial score (nSPS) is 14.3. The molecule has 1 aliphatic rings. The fraction of sp³-hybridized carbons (Fsp3) is 0.409. The van der Waals surface area contributed by atoms with Crippen molar-refractivity contribution in [1.29, 1.82) is 0 Å². The van der Waals surface area contributed by atoms with E-state index in [1.807, 2.05) is 24.0 Å². The molecule has 2 aromatic carbocycles. The van der Waals surface area contributed by atoms with Crippen LogP contribution in [0, 0.1) is 6.92 Å². The number of hydrogen-bond donors (Lipinski definition) is 0. The smallest absolute Gasteiger partial charge is 0.227 e. The third kappa shape index (κ3) is 4.64. The SMILES string of the molecule is CCN(C(=O)CCc1ccc(N2CCOCC2)cc1)c1cccc(C)c1. The Morgan fingerprint density at radius 3 is 2.50 bits per heavy atom. The summed E-state index contributed by atoms with van der Waals surface area (Å²) in [6.07, 6.45) is 1.29. The van der Waals surface area contributed by atoms with Crippen molar-refractivity contribution in [2.24, 2.45) is 0 Å². The standard InChI is InChI=1S/C22H28N2O2/c1-3-24(21-6-4-5-18(2)17-21)22(25)12-9-19-7-10-20(11-8-19)23-13-15-26-16-14-23/h4-8,10-11,17H,3,9,12-16H2,1-2H3. The van der Waals surface area contributed by atoms with Gasteiger partial charge in [-0.2, -0.15) is 0 Å². The first kappa shape index (κ1) is 18.5. The van der Waals surface area contributed by atoms with Gasteiger partial charge in [-0.15, -0.1) is 0 Å². The van der Waals surface area contributed by atoms with Crippen LogP contribution in [0.1, 0.15) is 24.5 Å². The highest BCUT2D eigenvalue weighted by Gasteiger charge is 2.14. The number of anilines is 2. The van der Waals surface area contributed by atoms with Crippen molar-refractivity contribution < 1.29 is 9.53 Å². The van der Waals surface area contributed by atoms with Gasteiger partial charge in [-0.3, -0.25) is 4.79 Å². The van der Waals surface area contributed by atoms with Gasteiger partial charge in [0, 0.05) is 37.4 Å². The first-order valence-corrected chi connectivity index (χ1v) is 9.46. The predicted molar refractivity (Wildman–Crippen MR) is 107 cm³/mol. The molecule has 1 heterocycles. The van der Waals surface area contributed by atoms with Crippen LogP contribution in [0.15, 0.2) is 48.5 Å². The molecule has 0 bridgehead atoms. The third-order valence-electron chi connectivity index (χ3n) is 4.87. The molecule has 0 atom stereocenters. The van der Waals surface area contributed by atoms with E-state index in [1.54, 1.807) is 0 Å². The molecule has 0 unspecified atom stereocenters. The molecule has 0 aromatic heterocycles. The van der Waals surface area contributed by atoms with Gasteiger partial charge in [-0.25, -0.2) is 0 Å². The Kier molecular flexibility index (Phi) is 6.29. The van der Waals surface area contributed by atoms with Crippen LogP contribution in [0.2, 0.25) is 0 Å². The Bertz CT molecular complexity index is 721. The second-order valence-corrected chi connectivity index (χ2v) is 6.74. The lowest BCUT2D eigenvalue weighted by molar-refractivity contribution is -0.118. The summed E-state index contributed by atoms with van der Waals surface area (Å²) in [4.78, 5) is 16.9. The number of carbonyl (C=O) groups is 1. The Labute approximate surface area is 156 Å². The third-order valence-corrected chi connectivity index (χ3v) is 4.87. The van der Waals surface area contributed by atoms with E-state index in [2.05, 4.69) is 48.2 Å². The van der Waals surface area contributed by atoms with Gasteiger partial charge in [-0.1, -0.05) is 24.3 Å². The van der Waals surface area contributed by atoms with Gasteiger partial charge < -0.3 is 14.5 Å².